The zero-order chi connectivity index (χ0) is 16.8. The van der Waals surface area contributed by atoms with Gasteiger partial charge in [0.05, 0.1) is 24.7 Å². The molecule has 1 saturated heterocycles. The molecule has 2 aromatic rings. The molecule has 1 aromatic heterocycles. The summed E-state index contributed by atoms with van der Waals surface area (Å²) in [7, 11) is 1.69. The molecule has 0 aliphatic carbocycles. The van der Waals surface area contributed by atoms with E-state index in [4.69, 9.17) is 9.72 Å². The van der Waals surface area contributed by atoms with Gasteiger partial charge >= 0.3 is 0 Å². The topological polar surface area (TPSA) is 42.3 Å². The van der Waals surface area contributed by atoms with Gasteiger partial charge in [0.1, 0.15) is 11.6 Å². The van der Waals surface area contributed by atoms with Crippen LogP contribution in [0.1, 0.15) is 25.1 Å². The van der Waals surface area contributed by atoms with Gasteiger partial charge in [0.15, 0.2) is 0 Å². The van der Waals surface area contributed by atoms with Gasteiger partial charge in [0.25, 0.3) is 0 Å². The number of imidazole rings is 1. The molecule has 1 N–H and O–H groups in total. The highest BCUT2D eigenvalue weighted by Gasteiger charge is 2.12. The maximum atomic E-state index is 5.31. The van der Waals surface area contributed by atoms with Gasteiger partial charge in [-0.15, -0.1) is 6.58 Å². The minimum Gasteiger partial charge on any atom is -0.497 e. The Morgan fingerprint density at radius 1 is 1.29 bits per heavy atom. The van der Waals surface area contributed by atoms with Crippen LogP contribution < -0.4 is 10.1 Å². The Kier molecular flexibility index (Phi) is 5.88. The molecule has 5 heteroatoms. The van der Waals surface area contributed by atoms with Crippen LogP contribution in [0.25, 0.3) is 11.0 Å². The van der Waals surface area contributed by atoms with Crippen LogP contribution in [0.4, 0.5) is 0 Å². The number of hydrogen-bond donors (Lipinski definition) is 1. The van der Waals surface area contributed by atoms with Crippen molar-refractivity contribution in [1.29, 1.82) is 0 Å². The summed E-state index contributed by atoms with van der Waals surface area (Å²) in [6.45, 7) is 10.0. The summed E-state index contributed by atoms with van der Waals surface area (Å²) in [6.07, 6.45) is 6.00. The number of fused-ring (bicyclic) bond motifs is 1. The van der Waals surface area contributed by atoms with Crippen molar-refractivity contribution in [2.24, 2.45) is 0 Å². The normalized spacial score (nSPS) is 15.7. The van der Waals surface area contributed by atoms with Crippen molar-refractivity contribution >= 4 is 11.0 Å². The minimum absolute atomic E-state index is 0.770. The number of rotatable bonds is 8. The summed E-state index contributed by atoms with van der Waals surface area (Å²) in [5.41, 5.74) is 2.10. The summed E-state index contributed by atoms with van der Waals surface area (Å²) < 4.78 is 7.52. The highest BCUT2D eigenvalue weighted by molar-refractivity contribution is 5.77. The molecular weight excluding hydrogens is 300 g/mol. The molecule has 1 fully saturated rings. The summed E-state index contributed by atoms with van der Waals surface area (Å²) in [5.74, 6) is 1.90. The zero-order valence-corrected chi connectivity index (χ0v) is 14.6. The number of hydrogen-bond acceptors (Lipinski definition) is 4. The quantitative estimate of drug-likeness (QED) is 0.598. The Bertz CT molecular complexity index is 673. The molecule has 1 aromatic carbocycles. The number of benzene rings is 1. The van der Waals surface area contributed by atoms with E-state index < -0.39 is 0 Å². The largest absolute Gasteiger partial charge is 0.497 e. The third-order valence-electron chi connectivity index (χ3n) is 4.68. The predicted octanol–water partition coefficient (Wildman–Crippen LogP) is 2.81. The average molecular weight is 328 g/mol. The SMILES string of the molecule is C=CCn1c(CNCCN2CCCCC2)nc2cc(OC)ccc21. The summed E-state index contributed by atoms with van der Waals surface area (Å²) in [5, 5.41) is 3.55. The van der Waals surface area contributed by atoms with Crippen molar-refractivity contribution in [2.75, 3.05) is 33.3 Å². The molecule has 0 bridgehead atoms. The van der Waals surface area contributed by atoms with Crippen molar-refractivity contribution in [3.63, 3.8) is 0 Å². The molecule has 0 radical (unpaired) electrons. The molecule has 3 rings (SSSR count). The summed E-state index contributed by atoms with van der Waals surface area (Å²) in [6, 6.07) is 6.05. The Hall–Kier alpha value is -1.85. The maximum absolute atomic E-state index is 5.31. The Morgan fingerprint density at radius 2 is 2.12 bits per heavy atom. The van der Waals surface area contributed by atoms with Gasteiger partial charge in [0, 0.05) is 25.7 Å². The Labute approximate surface area is 144 Å². The number of aromatic nitrogens is 2. The lowest BCUT2D eigenvalue weighted by atomic mass is 10.1. The molecule has 0 spiro atoms. The maximum Gasteiger partial charge on any atom is 0.124 e. The number of likely N-dealkylation sites (tertiary alicyclic amines) is 1. The number of ether oxygens (including phenoxy) is 1. The predicted molar refractivity (Wildman–Crippen MR) is 98.5 cm³/mol. The van der Waals surface area contributed by atoms with Gasteiger partial charge < -0.3 is 19.5 Å². The van der Waals surface area contributed by atoms with E-state index in [2.05, 4.69) is 27.4 Å². The molecular formula is C19H28N4O. The highest BCUT2D eigenvalue weighted by Crippen LogP contribution is 2.22. The molecule has 0 saturated carbocycles. The van der Waals surface area contributed by atoms with E-state index in [1.165, 1.54) is 32.4 Å². The first-order valence-corrected chi connectivity index (χ1v) is 8.89. The molecule has 0 amide bonds. The third-order valence-corrected chi connectivity index (χ3v) is 4.68. The van der Waals surface area contributed by atoms with Crippen molar-refractivity contribution in [3.8, 4) is 5.75 Å². The fourth-order valence-corrected chi connectivity index (χ4v) is 3.37. The molecule has 1 aliphatic heterocycles. The van der Waals surface area contributed by atoms with Crippen LogP contribution in [0.15, 0.2) is 30.9 Å². The Balaban J connectivity index is 1.63. The number of nitrogens with one attached hydrogen (secondary N) is 1. The molecule has 1 aliphatic rings. The first-order valence-electron chi connectivity index (χ1n) is 8.89. The van der Waals surface area contributed by atoms with Crippen LogP contribution in [0.2, 0.25) is 0 Å². The van der Waals surface area contributed by atoms with Crippen molar-refractivity contribution < 1.29 is 4.74 Å². The minimum atomic E-state index is 0.770. The standard InChI is InChI=1S/C19H28N4O/c1-3-10-23-18-8-7-16(24-2)14-17(18)21-19(23)15-20-9-13-22-11-5-4-6-12-22/h3,7-8,14,20H,1,4-6,9-13,15H2,2H3. The second-order valence-corrected chi connectivity index (χ2v) is 6.36. The highest BCUT2D eigenvalue weighted by atomic mass is 16.5. The molecule has 24 heavy (non-hydrogen) atoms. The number of methoxy groups -OCH3 is 1. The van der Waals surface area contributed by atoms with Crippen LogP contribution in [-0.4, -0.2) is 47.7 Å². The van der Waals surface area contributed by atoms with Gasteiger partial charge in [-0.25, -0.2) is 4.98 Å². The monoisotopic (exact) mass is 328 g/mol. The Morgan fingerprint density at radius 3 is 2.88 bits per heavy atom. The van der Waals surface area contributed by atoms with E-state index >= 15 is 0 Å². The van der Waals surface area contributed by atoms with Gasteiger partial charge in [0.2, 0.25) is 0 Å². The van der Waals surface area contributed by atoms with Crippen molar-refractivity contribution in [2.45, 2.75) is 32.4 Å². The first kappa shape index (κ1) is 17.0. The van der Waals surface area contributed by atoms with E-state index in [1.807, 2.05) is 18.2 Å². The number of piperidine rings is 1. The van der Waals surface area contributed by atoms with E-state index in [1.54, 1.807) is 7.11 Å². The fourth-order valence-electron chi connectivity index (χ4n) is 3.37. The lowest BCUT2D eigenvalue weighted by molar-refractivity contribution is 0.228. The van der Waals surface area contributed by atoms with E-state index in [-0.39, 0.29) is 0 Å². The smallest absolute Gasteiger partial charge is 0.124 e. The van der Waals surface area contributed by atoms with E-state index in [0.29, 0.717) is 0 Å². The number of nitrogens with zero attached hydrogens (tertiary/aromatic N) is 3. The van der Waals surface area contributed by atoms with Crippen LogP contribution in [0, 0.1) is 0 Å². The van der Waals surface area contributed by atoms with E-state index in [9.17, 15) is 0 Å². The molecule has 0 unspecified atom stereocenters. The van der Waals surface area contributed by atoms with Gasteiger partial charge in [-0.2, -0.15) is 0 Å². The summed E-state index contributed by atoms with van der Waals surface area (Å²) >= 11 is 0. The van der Waals surface area contributed by atoms with E-state index in [0.717, 1.165) is 48.8 Å². The van der Waals surface area contributed by atoms with Crippen LogP contribution in [0.3, 0.4) is 0 Å². The van der Waals surface area contributed by atoms with Crippen LogP contribution in [-0.2, 0) is 13.1 Å². The number of allylic oxidation sites excluding steroid dienone is 1. The molecule has 0 atom stereocenters. The second-order valence-electron chi connectivity index (χ2n) is 6.36. The molecule has 2 heterocycles. The van der Waals surface area contributed by atoms with Gasteiger partial charge in [-0.1, -0.05) is 12.5 Å². The summed E-state index contributed by atoms with van der Waals surface area (Å²) in [4.78, 5) is 7.33. The second kappa shape index (κ2) is 8.31. The average Bonchev–Trinajstić information content (AvgIpc) is 2.97. The lowest BCUT2D eigenvalue weighted by Crippen LogP contribution is -2.35. The third kappa shape index (κ3) is 3.97. The first-order chi connectivity index (χ1) is 11.8. The molecule has 5 nitrogen and oxygen atoms in total. The zero-order valence-electron chi connectivity index (χ0n) is 14.6. The molecule has 130 valence electrons. The fraction of sp³-hybridized carbons (Fsp3) is 0.526. The van der Waals surface area contributed by atoms with Crippen LogP contribution >= 0.6 is 0 Å². The van der Waals surface area contributed by atoms with Gasteiger partial charge in [-0.05, 0) is 38.1 Å². The van der Waals surface area contributed by atoms with Crippen LogP contribution in [0.5, 0.6) is 5.75 Å². The van der Waals surface area contributed by atoms with Crippen molar-refractivity contribution in [1.82, 2.24) is 19.8 Å². The van der Waals surface area contributed by atoms with Crippen molar-refractivity contribution in [3.05, 3.63) is 36.7 Å². The van der Waals surface area contributed by atoms with Gasteiger partial charge in [-0.3, -0.25) is 0 Å². The lowest BCUT2D eigenvalue weighted by Gasteiger charge is -2.26.